The first-order valence-corrected chi connectivity index (χ1v) is 6.36. The van der Waals surface area contributed by atoms with Crippen LogP contribution in [0.4, 0.5) is 0 Å². The third-order valence-electron chi connectivity index (χ3n) is 3.56. The summed E-state index contributed by atoms with van der Waals surface area (Å²) in [5, 5.41) is 0. The molecule has 19 heavy (non-hydrogen) atoms. The van der Waals surface area contributed by atoms with E-state index in [-0.39, 0.29) is 6.10 Å². The van der Waals surface area contributed by atoms with Crippen molar-refractivity contribution in [2.45, 2.75) is 12.5 Å². The van der Waals surface area contributed by atoms with Crippen LogP contribution in [0.15, 0.2) is 12.1 Å². The van der Waals surface area contributed by atoms with E-state index in [2.05, 4.69) is 0 Å². The first-order chi connectivity index (χ1) is 9.24. The van der Waals surface area contributed by atoms with Crippen molar-refractivity contribution in [2.24, 2.45) is 11.7 Å². The predicted octanol–water partition coefficient (Wildman–Crippen LogP) is 1.75. The zero-order valence-corrected chi connectivity index (χ0v) is 11.6. The smallest absolute Gasteiger partial charge is 0.164 e. The molecule has 0 aliphatic carbocycles. The minimum atomic E-state index is -0.0419. The summed E-state index contributed by atoms with van der Waals surface area (Å²) < 4.78 is 21.9. The van der Waals surface area contributed by atoms with Gasteiger partial charge in [0.15, 0.2) is 11.5 Å². The van der Waals surface area contributed by atoms with Crippen LogP contribution in [0.1, 0.15) is 18.1 Å². The van der Waals surface area contributed by atoms with Crippen LogP contribution in [0, 0.1) is 5.92 Å². The minimum Gasteiger partial charge on any atom is -0.496 e. The molecule has 0 radical (unpaired) electrons. The Kier molecular flexibility index (Phi) is 4.50. The Morgan fingerprint density at radius 3 is 2.32 bits per heavy atom. The lowest BCUT2D eigenvalue weighted by molar-refractivity contribution is 0.0899. The average Bonchev–Trinajstić information content (AvgIpc) is 2.93. The lowest BCUT2D eigenvalue weighted by Gasteiger charge is -2.21. The third kappa shape index (κ3) is 2.62. The van der Waals surface area contributed by atoms with E-state index >= 15 is 0 Å². The van der Waals surface area contributed by atoms with Crippen molar-refractivity contribution in [3.8, 4) is 17.2 Å². The normalized spacial score (nSPS) is 22.3. The number of benzene rings is 1. The van der Waals surface area contributed by atoms with Crippen molar-refractivity contribution in [3.05, 3.63) is 17.7 Å². The molecule has 2 rings (SSSR count). The van der Waals surface area contributed by atoms with Crippen LogP contribution in [0.5, 0.6) is 17.2 Å². The summed E-state index contributed by atoms with van der Waals surface area (Å²) in [7, 11) is 4.85. The van der Waals surface area contributed by atoms with Crippen LogP contribution < -0.4 is 19.9 Å². The third-order valence-corrected chi connectivity index (χ3v) is 3.56. The lowest BCUT2D eigenvalue weighted by atomic mass is 9.94. The van der Waals surface area contributed by atoms with Gasteiger partial charge >= 0.3 is 0 Å². The van der Waals surface area contributed by atoms with E-state index in [9.17, 15) is 0 Å². The standard InChI is InChI=1S/C14H21NO4/c1-16-11-7-13(18-3)12(17-2)6-10(11)14-9(8-15)4-5-19-14/h6-7,9,14H,4-5,8,15H2,1-3H3. The highest BCUT2D eigenvalue weighted by molar-refractivity contribution is 5.51. The quantitative estimate of drug-likeness (QED) is 0.880. The van der Waals surface area contributed by atoms with Crippen LogP contribution in [-0.4, -0.2) is 34.5 Å². The van der Waals surface area contributed by atoms with Gasteiger partial charge in [0.1, 0.15) is 5.75 Å². The van der Waals surface area contributed by atoms with E-state index in [1.54, 1.807) is 21.3 Å². The second kappa shape index (κ2) is 6.12. The Labute approximate surface area is 113 Å². The molecule has 0 spiro atoms. The van der Waals surface area contributed by atoms with Gasteiger partial charge in [-0.1, -0.05) is 0 Å². The maximum atomic E-state index is 5.80. The highest BCUT2D eigenvalue weighted by atomic mass is 16.5. The van der Waals surface area contributed by atoms with Gasteiger partial charge in [0, 0.05) is 24.2 Å². The van der Waals surface area contributed by atoms with E-state index in [1.807, 2.05) is 12.1 Å². The van der Waals surface area contributed by atoms with Crippen molar-refractivity contribution < 1.29 is 18.9 Å². The van der Waals surface area contributed by atoms with Gasteiger partial charge in [-0.05, 0) is 19.0 Å². The number of nitrogens with two attached hydrogens (primary N) is 1. The van der Waals surface area contributed by atoms with E-state index in [4.69, 9.17) is 24.7 Å². The lowest BCUT2D eigenvalue weighted by Crippen LogP contribution is -2.18. The predicted molar refractivity (Wildman–Crippen MR) is 72.0 cm³/mol. The van der Waals surface area contributed by atoms with E-state index < -0.39 is 0 Å². The highest BCUT2D eigenvalue weighted by Crippen LogP contribution is 2.43. The SMILES string of the molecule is COc1cc(OC)c(C2OCCC2CN)cc1OC. The molecule has 0 bridgehead atoms. The van der Waals surface area contributed by atoms with Crippen molar-refractivity contribution in [2.75, 3.05) is 34.5 Å². The van der Waals surface area contributed by atoms with Gasteiger partial charge < -0.3 is 24.7 Å². The molecule has 5 nitrogen and oxygen atoms in total. The molecule has 1 aromatic carbocycles. The van der Waals surface area contributed by atoms with Crippen LogP contribution in [0.2, 0.25) is 0 Å². The Balaban J connectivity index is 2.43. The van der Waals surface area contributed by atoms with E-state index in [0.29, 0.717) is 24.0 Å². The van der Waals surface area contributed by atoms with Crippen molar-refractivity contribution >= 4 is 0 Å². The summed E-state index contributed by atoms with van der Waals surface area (Å²) in [5.41, 5.74) is 6.77. The van der Waals surface area contributed by atoms with Crippen molar-refractivity contribution in [3.63, 3.8) is 0 Å². The summed E-state index contributed by atoms with van der Waals surface area (Å²) in [4.78, 5) is 0. The Morgan fingerprint density at radius 2 is 1.74 bits per heavy atom. The van der Waals surface area contributed by atoms with Gasteiger partial charge in [-0.3, -0.25) is 0 Å². The molecule has 1 heterocycles. The second-order valence-corrected chi connectivity index (χ2v) is 4.52. The zero-order valence-electron chi connectivity index (χ0n) is 11.6. The molecule has 2 N–H and O–H groups in total. The topological polar surface area (TPSA) is 62.9 Å². The fraction of sp³-hybridized carbons (Fsp3) is 0.571. The molecular weight excluding hydrogens is 246 g/mol. The summed E-state index contributed by atoms with van der Waals surface area (Å²) in [6, 6.07) is 3.74. The van der Waals surface area contributed by atoms with Crippen molar-refractivity contribution in [1.82, 2.24) is 0 Å². The molecule has 1 aromatic rings. The molecule has 2 atom stereocenters. The summed E-state index contributed by atoms with van der Waals surface area (Å²) >= 11 is 0. The van der Waals surface area contributed by atoms with Crippen LogP contribution >= 0.6 is 0 Å². The first-order valence-electron chi connectivity index (χ1n) is 6.36. The fourth-order valence-electron chi connectivity index (χ4n) is 2.49. The second-order valence-electron chi connectivity index (χ2n) is 4.52. The largest absolute Gasteiger partial charge is 0.496 e. The Hall–Kier alpha value is -1.46. The monoisotopic (exact) mass is 267 g/mol. The molecular formula is C14H21NO4. The number of hydrogen-bond donors (Lipinski definition) is 1. The number of methoxy groups -OCH3 is 3. The number of hydrogen-bond acceptors (Lipinski definition) is 5. The summed E-state index contributed by atoms with van der Waals surface area (Å²) in [6.07, 6.45) is 0.929. The number of rotatable bonds is 5. The molecule has 1 fully saturated rings. The zero-order chi connectivity index (χ0) is 13.8. The van der Waals surface area contributed by atoms with Crippen LogP contribution in [-0.2, 0) is 4.74 Å². The maximum Gasteiger partial charge on any atom is 0.164 e. The average molecular weight is 267 g/mol. The number of ether oxygens (including phenoxy) is 4. The van der Waals surface area contributed by atoms with E-state index in [0.717, 1.165) is 24.3 Å². The molecule has 0 aromatic heterocycles. The van der Waals surface area contributed by atoms with Gasteiger partial charge in [-0.2, -0.15) is 0 Å². The minimum absolute atomic E-state index is 0.0419. The van der Waals surface area contributed by atoms with Crippen LogP contribution in [0.3, 0.4) is 0 Å². The molecule has 1 aliphatic heterocycles. The molecule has 1 saturated heterocycles. The molecule has 5 heteroatoms. The van der Waals surface area contributed by atoms with Crippen molar-refractivity contribution in [1.29, 1.82) is 0 Å². The molecule has 106 valence electrons. The molecule has 1 aliphatic rings. The van der Waals surface area contributed by atoms with Gasteiger partial charge in [-0.25, -0.2) is 0 Å². The van der Waals surface area contributed by atoms with Gasteiger partial charge in [0.2, 0.25) is 0 Å². The van der Waals surface area contributed by atoms with Gasteiger partial charge in [0.05, 0.1) is 27.4 Å². The maximum absolute atomic E-state index is 5.80. The Morgan fingerprint density at radius 1 is 1.11 bits per heavy atom. The van der Waals surface area contributed by atoms with Gasteiger partial charge in [-0.15, -0.1) is 0 Å². The first kappa shape index (κ1) is 14.0. The summed E-state index contributed by atoms with van der Waals surface area (Å²) in [5.74, 6) is 2.37. The molecule has 0 amide bonds. The fourth-order valence-corrected chi connectivity index (χ4v) is 2.49. The van der Waals surface area contributed by atoms with E-state index in [1.165, 1.54) is 0 Å². The molecule has 0 saturated carbocycles. The van der Waals surface area contributed by atoms with Gasteiger partial charge in [0.25, 0.3) is 0 Å². The highest BCUT2D eigenvalue weighted by Gasteiger charge is 2.31. The Bertz CT molecular complexity index is 436. The van der Waals surface area contributed by atoms with Crippen LogP contribution in [0.25, 0.3) is 0 Å². The summed E-state index contributed by atoms with van der Waals surface area (Å²) in [6.45, 7) is 1.33. The molecule has 2 unspecified atom stereocenters.